The Bertz CT molecular complexity index is 1150. The molecular formula is C37H61NO9. The molecule has 5 rings (SSSR count). The van der Waals surface area contributed by atoms with Gasteiger partial charge in [0.1, 0.15) is 24.4 Å². The molecular weight excluding hydrogens is 602 g/mol. The predicted molar refractivity (Wildman–Crippen MR) is 176 cm³/mol. The van der Waals surface area contributed by atoms with Crippen molar-refractivity contribution in [2.24, 2.45) is 46.3 Å². The number of nitrogens with one attached hydrogen (secondary N) is 1. The molecule has 1 saturated heterocycles. The number of allylic oxidation sites excluding steroid dienone is 1. The Morgan fingerprint density at radius 2 is 1.83 bits per heavy atom. The summed E-state index contributed by atoms with van der Waals surface area (Å²) in [4.78, 5) is 23.5. The zero-order valence-electron chi connectivity index (χ0n) is 29.4. The molecule has 0 aromatic rings. The number of aliphatic hydroxyl groups is 4. The second kappa shape index (κ2) is 14.7. The van der Waals surface area contributed by atoms with Crippen molar-refractivity contribution >= 4 is 11.9 Å². The molecule has 0 aromatic carbocycles. The SMILES string of the molecule is CC(=O)NC1C(O[C@H]2C[C@H]([C@H](C)CCC[C@@H](C)COC(C)=O)[C@@]3(C)CC[C@H]4[C@@H](CC=C5C[C@H](O)CC[C@@]54C)[C@H]23)OC(CO)C(O)C1O. The highest BCUT2D eigenvalue weighted by atomic mass is 16.7. The van der Waals surface area contributed by atoms with E-state index in [-0.39, 0.29) is 40.8 Å². The molecule has 4 aliphatic carbocycles. The van der Waals surface area contributed by atoms with Crippen LogP contribution in [-0.4, -0.2) is 88.4 Å². The molecule has 47 heavy (non-hydrogen) atoms. The average molecular weight is 664 g/mol. The summed E-state index contributed by atoms with van der Waals surface area (Å²) >= 11 is 0. The summed E-state index contributed by atoms with van der Waals surface area (Å²) in [6, 6.07) is -0.971. The number of hydrogen-bond acceptors (Lipinski definition) is 9. The van der Waals surface area contributed by atoms with Gasteiger partial charge >= 0.3 is 5.97 Å². The quantitative estimate of drug-likeness (QED) is 0.164. The number of fused-ring (bicyclic) bond motifs is 5. The molecule has 10 heteroatoms. The molecule has 5 N–H and O–H groups in total. The van der Waals surface area contributed by atoms with Gasteiger partial charge in [-0.15, -0.1) is 0 Å². The Kier molecular flexibility index (Phi) is 11.5. The summed E-state index contributed by atoms with van der Waals surface area (Å²) in [5.41, 5.74) is 1.48. The lowest BCUT2D eigenvalue weighted by molar-refractivity contribution is -0.289. The van der Waals surface area contributed by atoms with Gasteiger partial charge in [-0.05, 0) is 97.7 Å². The van der Waals surface area contributed by atoms with Gasteiger partial charge in [-0.25, -0.2) is 0 Å². The fourth-order valence-corrected chi connectivity index (χ4v) is 10.8. The molecule has 0 aromatic heterocycles. The summed E-state index contributed by atoms with van der Waals surface area (Å²) < 4.78 is 18.3. The lowest BCUT2D eigenvalue weighted by atomic mass is 9.46. The first-order valence-electron chi connectivity index (χ1n) is 18.3. The molecule has 1 heterocycles. The molecule has 10 nitrogen and oxygen atoms in total. The third-order valence-electron chi connectivity index (χ3n) is 13.3. The van der Waals surface area contributed by atoms with Crippen molar-refractivity contribution in [1.29, 1.82) is 0 Å². The lowest BCUT2D eigenvalue weighted by Crippen LogP contribution is -2.65. The third-order valence-corrected chi connectivity index (χ3v) is 13.3. The van der Waals surface area contributed by atoms with Crippen LogP contribution in [0.5, 0.6) is 0 Å². The fraction of sp³-hybridized carbons (Fsp3) is 0.892. The van der Waals surface area contributed by atoms with Crippen LogP contribution >= 0.6 is 0 Å². The average Bonchev–Trinajstić information content (AvgIpc) is 3.31. The summed E-state index contributed by atoms with van der Waals surface area (Å²) in [6.45, 7) is 12.1. The molecule has 1 amide bonds. The van der Waals surface area contributed by atoms with Crippen molar-refractivity contribution in [3.8, 4) is 0 Å². The summed E-state index contributed by atoms with van der Waals surface area (Å²) in [5, 5.41) is 44.9. The number of esters is 1. The predicted octanol–water partition coefficient (Wildman–Crippen LogP) is 3.87. The van der Waals surface area contributed by atoms with Crippen LogP contribution in [0, 0.1) is 46.3 Å². The molecule has 1 aliphatic heterocycles. The maximum absolute atomic E-state index is 12.2. The van der Waals surface area contributed by atoms with Gasteiger partial charge in [0.15, 0.2) is 6.29 Å². The topological polar surface area (TPSA) is 155 Å². The van der Waals surface area contributed by atoms with Crippen molar-refractivity contribution < 1.29 is 44.2 Å². The van der Waals surface area contributed by atoms with Crippen molar-refractivity contribution in [3.63, 3.8) is 0 Å². The molecule has 5 unspecified atom stereocenters. The van der Waals surface area contributed by atoms with Crippen molar-refractivity contribution in [2.75, 3.05) is 13.2 Å². The van der Waals surface area contributed by atoms with Gasteiger partial charge in [-0.1, -0.05) is 52.2 Å². The van der Waals surface area contributed by atoms with Crippen molar-refractivity contribution in [1.82, 2.24) is 5.32 Å². The van der Waals surface area contributed by atoms with Gasteiger partial charge in [0.25, 0.3) is 0 Å². The minimum atomic E-state index is -1.36. The summed E-state index contributed by atoms with van der Waals surface area (Å²) in [5.74, 6) is 1.60. The Morgan fingerprint density at radius 1 is 1.09 bits per heavy atom. The first-order valence-corrected chi connectivity index (χ1v) is 18.3. The van der Waals surface area contributed by atoms with Crippen LogP contribution in [0.1, 0.15) is 106 Å². The Labute approximate surface area is 281 Å². The maximum Gasteiger partial charge on any atom is 0.302 e. The van der Waals surface area contributed by atoms with E-state index in [0.29, 0.717) is 36.2 Å². The van der Waals surface area contributed by atoms with E-state index < -0.39 is 37.3 Å². The maximum atomic E-state index is 12.2. The van der Waals surface area contributed by atoms with Crippen LogP contribution in [0.25, 0.3) is 0 Å². The van der Waals surface area contributed by atoms with Gasteiger partial charge < -0.3 is 40.0 Å². The van der Waals surface area contributed by atoms with Crippen molar-refractivity contribution in [3.05, 3.63) is 11.6 Å². The van der Waals surface area contributed by atoms with Gasteiger partial charge in [0, 0.05) is 13.8 Å². The van der Waals surface area contributed by atoms with Crippen LogP contribution in [0.4, 0.5) is 0 Å². The normalized spacial score (nSPS) is 44.3. The van der Waals surface area contributed by atoms with E-state index in [9.17, 15) is 30.0 Å². The zero-order valence-corrected chi connectivity index (χ0v) is 29.4. The number of ether oxygens (including phenoxy) is 3. The molecule has 3 saturated carbocycles. The van der Waals surface area contributed by atoms with Gasteiger partial charge in [0.2, 0.25) is 5.91 Å². The first kappa shape index (κ1) is 36.7. The first-order chi connectivity index (χ1) is 22.2. The molecule has 0 spiro atoms. The van der Waals surface area contributed by atoms with Gasteiger partial charge in [-0.3, -0.25) is 9.59 Å². The molecule has 268 valence electrons. The highest BCUT2D eigenvalue weighted by molar-refractivity contribution is 5.73. The summed E-state index contributed by atoms with van der Waals surface area (Å²) in [6.07, 6.45) is 6.86. The van der Waals surface area contributed by atoms with Crippen LogP contribution in [0.3, 0.4) is 0 Å². The standard InChI is InChI=1S/C37H61NO9/c1-20(19-45-23(4)41)8-7-9-21(2)28-17-29(46-35-32(38-22(3)40)34(44)33(43)30(18-39)47-35)31-26-11-10-24-16-25(42)12-14-36(24,5)27(26)13-15-37(28,31)6/h10,20-21,25-35,39,42-44H,7-9,11-19H2,1-6H3,(H,38,40)/t20-,21-,25-,26-,27+,28-,29+,30?,31-,32?,33?,34?,35?,36+,37-/m1/s1. The van der Waals surface area contributed by atoms with E-state index in [1.807, 2.05) is 0 Å². The largest absolute Gasteiger partial charge is 0.466 e. The van der Waals surface area contributed by atoms with E-state index in [1.54, 1.807) is 0 Å². The van der Waals surface area contributed by atoms with E-state index in [4.69, 9.17) is 14.2 Å². The van der Waals surface area contributed by atoms with Crippen LogP contribution in [0.15, 0.2) is 11.6 Å². The minimum Gasteiger partial charge on any atom is -0.466 e. The van der Waals surface area contributed by atoms with E-state index in [1.165, 1.54) is 19.4 Å². The molecule has 5 aliphatic rings. The Hall–Kier alpha value is -1.56. The van der Waals surface area contributed by atoms with Crippen LogP contribution in [-0.2, 0) is 23.8 Å². The summed E-state index contributed by atoms with van der Waals surface area (Å²) in [7, 11) is 0. The minimum absolute atomic E-state index is 0.0111. The number of rotatable bonds is 11. The molecule has 0 bridgehead atoms. The second-order valence-corrected chi connectivity index (χ2v) is 16.4. The smallest absolute Gasteiger partial charge is 0.302 e. The molecule has 15 atom stereocenters. The Morgan fingerprint density at radius 3 is 2.51 bits per heavy atom. The number of carbonyl (C=O) groups excluding carboxylic acids is 2. The third kappa shape index (κ3) is 7.34. The number of aliphatic hydroxyl groups excluding tert-OH is 4. The Balaban J connectivity index is 1.41. The fourth-order valence-electron chi connectivity index (χ4n) is 10.8. The highest BCUT2D eigenvalue weighted by Gasteiger charge is 2.63. The highest BCUT2D eigenvalue weighted by Crippen LogP contribution is 2.68. The van der Waals surface area contributed by atoms with E-state index in [0.717, 1.165) is 64.2 Å². The second-order valence-electron chi connectivity index (χ2n) is 16.4. The van der Waals surface area contributed by atoms with Gasteiger partial charge in [-0.2, -0.15) is 0 Å². The van der Waals surface area contributed by atoms with Crippen LogP contribution < -0.4 is 5.32 Å². The number of amides is 1. The van der Waals surface area contributed by atoms with Crippen LogP contribution in [0.2, 0.25) is 0 Å². The molecule has 0 radical (unpaired) electrons. The lowest BCUT2D eigenvalue weighted by Gasteiger charge is -2.59. The van der Waals surface area contributed by atoms with E-state index >= 15 is 0 Å². The number of carbonyl (C=O) groups is 2. The zero-order chi connectivity index (χ0) is 34.3. The molecule has 4 fully saturated rings. The monoisotopic (exact) mass is 663 g/mol. The number of hydrogen-bond donors (Lipinski definition) is 5. The van der Waals surface area contributed by atoms with Crippen molar-refractivity contribution in [2.45, 2.75) is 149 Å². The van der Waals surface area contributed by atoms with Gasteiger partial charge in [0.05, 0.1) is 25.4 Å². The van der Waals surface area contributed by atoms with E-state index in [2.05, 4.69) is 39.1 Å².